The molecular formula is C8H4F5O. The standard InChI is InChI=1S/C8H4F5O/c9-7(10)5-1-3-6(4-2-5)14-8(11,12)13/h1-3,7H. The van der Waals surface area contributed by atoms with Crippen LogP contribution in [0.3, 0.4) is 0 Å². The highest BCUT2D eigenvalue weighted by Crippen LogP contribution is 2.25. The van der Waals surface area contributed by atoms with Gasteiger partial charge in [0.15, 0.2) is 0 Å². The van der Waals surface area contributed by atoms with Crippen LogP contribution in [0.1, 0.15) is 12.0 Å². The van der Waals surface area contributed by atoms with Crippen molar-refractivity contribution in [3.63, 3.8) is 0 Å². The van der Waals surface area contributed by atoms with Crippen molar-refractivity contribution >= 4 is 0 Å². The van der Waals surface area contributed by atoms with E-state index in [1.54, 1.807) is 0 Å². The van der Waals surface area contributed by atoms with E-state index in [0.717, 1.165) is 18.2 Å². The van der Waals surface area contributed by atoms with E-state index in [0.29, 0.717) is 0 Å². The molecule has 0 aliphatic heterocycles. The zero-order valence-corrected chi connectivity index (χ0v) is 6.61. The summed E-state index contributed by atoms with van der Waals surface area (Å²) in [4.78, 5) is 0. The van der Waals surface area contributed by atoms with Crippen molar-refractivity contribution in [1.82, 2.24) is 0 Å². The van der Waals surface area contributed by atoms with Crippen LogP contribution < -0.4 is 4.74 Å². The van der Waals surface area contributed by atoms with Crippen LogP contribution in [0, 0.1) is 6.07 Å². The Morgan fingerprint density at radius 2 is 1.86 bits per heavy atom. The number of hydrogen-bond acceptors (Lipinski definition) is 1. The van der Waals surface area contributed by atoms with Gasteiger partial charge in [-0.25, -0.2) is 8.78 Å². The second-order valence-electron chi connectivity index (χ2n) is 2.33. The molecule has 0 amide bonds. The predicted molar refractivity (Wildman–Crippen MR) is 36.9 cm³/mol. The summed E-state index contributed by atoms with van der Waals surface area (Å²) in [5, 5.41) is 0. The van der Waals surface area contributed by atoms with Crippen molar-refractivity contribution in [2.45, 2.75) is 12.8 Å². The van der Waals surface area contributed by atoms with Crippen LogP contribution in [0.2, 0.25) is 0 Å². The molecule has 1 aromatic rings. The Bertz CT molecular complexity index is 290. The van der Waals surface area contributed by atoms with Gasteiger partial charge in [-0.15, -0.1) is 13.2 Å². The SMILES string of the molecule is FC(F)c1c[c]c(OC(F)(F)F)cc1. The molecule has 1 rings (SSSR count). The van der Waals surface area contributed by atoms with Crippen LogP contribution in [0.4, 0.5) is 22.0 Å². The average Bonchev–Trinajstić information content (AvgIpc) is 2.02. The number of halogens is 5. The molecular weight excluding hydrogens is 207 g/mol. The zero-order valence-electron chi connectivity index (χ0n) is 6.61. The monoisotopic (exact) mass is 211 g/mol. The predicted octanol–water partition coefficient (Wildman–Crippen LogP) is 3.32. The second kappa shape index (κ2) is 3.81. The zero-order chi connectivity index (χ0) is 10.8. The molecule has 77 valence electrons. The van der Waals surface area contributed by atoms with Gasteiger partial charge in [-0.05, 0) is 18.2 Å². The van der Waals surface area contributed by atoms with Crippen molar-refractivity contribution in [3.05, 3.63) is 29.8 Å². The summed E-state index contributed by atoms with van der Waals surface area (Å²) in [6, 6.07) is 4.34. The Kier molecular flexibility index (Phi) is 2.93. The lowest BCUT2D eigenvalue weighted by Gasteiger charge is -2.08. The van der Waals surface area contributed by atoms with E-state index in [4.69, 9.17) is 0 Å². The summed E-state index contributed by atoms with van der Waals surface area (Å²) >= 11 is 0. The third kappa shape index (κ3) is 3.20. The first-order valence-corrected chi connectivity index (χ1v) is 3.44. The number of ether oxygens (including phenoxy) is 1. The van der Waals surface area contributed by atoms with Crippen molar-refractivity contribution < 1.29 is 26.7 Å². The van der Waals surface area contributed by atoms with E-state index in [1.165, 1.54) is 0 Å². The molecule has 0 unspecified atom stereocenters. The molecule has 0 aromatic heterocycles. The van der Waals surface area contributed by atoms with E-state index < -0.39 is 24.1 Å². The highest BCUT2D eigenvalue weighted by Gasteiger charge is 2.31. The van der Waals surface area contributed by atoms with Crippen molar-refractivity contribution in [2.75, 3.05) is 0 Å². The maximum atomic E-state index is 12.0. The smallest absolute Gasteiger partial charge is 0.405 e. The summed E-state index contributed by atoms with van der Waals surface area (Å²) < 4.78 is 62.2. The molecule has 6 heteroatoms. The summed E-state index contributed by atoms with van der Waals surface area (Å²) in [5.41, 5.74) is -0.403. The first-order valence-electron chi connectivity index (χ1n) is 3.44. The highest BCUT2D eigenvalue weighted by atomic mass is 19.4. The number of alkyl halides is 5. The minimum absolute atomic E-state index is 0.403. The van der Waals surface area contributed by atoms with E-state index in [9.17, 15) is 22.0 Å². The average molecular weight is 211 g/mol. The van der Waals surface area contributed by atoms with E-state index >= 15 is 0 Å². The fourth-order valence-electron chi connectivity index (χ4n) is 0.746. The maximum absolute atomic E-state index is 12.0. The minimum Gasteiger partial charge on any atom is -0.405 e. The van der Waals surface area contributed by atoms with Gasteiger partial charge < -0.3 is 4.74 Å². The Balaban J connectivity index is 2.74. The molecule has 0 atom stereocenters. The van der Waals surface area contributed by atoms with Gasteiger partial charge in [-0.1, -0.05) is 0 Å². The van der Waals surface area contributed by atoms with Gasteiger partial charge in [0, 0.05) is 11.6 Å². The molecule has 1 radical (unpaired) electrons. The van der Waals surface area contributed by atoms with Gasteiger partial charge in [0.25, 0.3) is 6.43 Å². The minimum atomic E-state index is -4.83. The Labute approximate surface area is 76.1 Å². The molecule has 0 aliphatic carbocycles. The van der Waals surface area contributed by atoms with Crippen LogP contribution in [0.25, 0.3) is 0 Å². The number of rotatable bonds is 2. The molecule has 0 spiro atoms. The van der Waals surface area contributed by atoms with Gasteiger partial charge >= 0.3 is 6.36 Å². The van der Waals surface area contributed by atoms with Crippen LogP contribution in [0.5, 0.6) is 5.75 Å². The van der Waals surface area contributed by atoms with Gasteiger partial charge in [0.2, 0.25) is 0 Å². The molecule has 0 saturated carbocycles. The molecule has 0 saturated heterocycles. The first-order chi connectivity index (χ1) is 6.38. The topological polar surface area (TPSA) is 9.23 Å². The second-order valence-corrected chi connectivity index (χ2v) is 2.33. The molecule has 0 heterocycles. The van der Waals surface area contributed by atoms with Gasteiger partial charge in [0.1, 0.15) is 5.75 Å². The highest BCUT2D eigenvalue weighted by molar-refractivity contribution is 5.26. The Hall–Kier alpha value is -1.33. The molecule has 1 nitrogen and oxygen atoms in total. The summed E-state index contributed by atoms with van der Waals surface area (Å²) in [6.45, 7) is 0. The summed E-state index contributed by atoms with van der Waals surface area (Å²) in [5.74, 6) is -0.637. The normalized spacial score (nSPS) is 11.9. The summed E-state index contributed by atoms with van der Waals surface area (Å²) in [6.07, 6.45) is -7.56. The van der Waals surface area contributed by atoms with Crippen molar-refractivity contribution in [2.24, 2.45) is 0 Å². The Morgan fingerprint density at radius 3 is 2.21 bits per heavy atom. The van der Waals surface area contributed by atoms with Crippen LogP contribution in [0.15, 0.2) is 18.2 Å². The molecule has 0 fully saturated rings. The van der Waals surface area contributed by atoms with Gasteiger partial charge in [-0.3, -0.25) is 0 Å². The fourth-order valence-corrected chi connectivity index (χ4v) is 0.746. The Morgan fingerprint density at radius 1 is 1.21 bits per heavy atom. The van der Waals surface area contributed by atoms with Crippen molar-refractivity contribution in [1.29, 1.82) is 0 Å². The lowest BCUT2D eigenvalue weighted by molar-refractivity contribution is -0.274. The molecule has 0 N–H and O–H groups in total. The molecule has 14 heavy (non-hydrogen) atoms. The molecule has 1 aromatic carbocycles. The molecule has 0 aliphatic rings. The van der Waals surface area contributed by atoms with E-state index in [1.807, 2.05) is 6.07 Å². The quantitative estimate of drug-likeness (QED) is 0.681. The van der Waals surface area contributed by atoms with Crippen LogP contribution >= 0.6 is 0 Å². The maximum Gasteiger partial charge on any atom is 0.573 e. The number of hydrogen-bond donors (Lipinski definition) is 0. The first kappa shape index (κ1) is 10.7. The third-order valence-electron chi connectivity index (χ3n) is 1.29. The van der Waals surface area contributed by atoms with Gasteiger partial charge in [-0.2, -0.15) is 0 Å². The largest absolute Gasteiger partial charge is 0.573 e. The van der Waals surface area contributed by atoms with Crippen LogP contribution in [-0.2, 0) is 0 Å². The molecule has 0 bridgehead atoms. The van der Waals surface area contributed by atoms with Gasteiger partial charge in [0.05, 0.1) is 0 Å². The van der Waals surface area contributed by atoms with E-state index in [-0.39, 0.29) is 0 Å². The lowest BCUT2D eigenvalue weighted by Crippen LogP contribution is -2.17. The third-order valence-corrected chi connectivity index (χ3v) is 1.29. The lowest BCUT2D eigenvalue weighted by atomic mass is 10.2. The summed E-state index contributed by atoms with van der Waals surface area (Å²) in [7, 11) is 0. The van der Waals surface area contributed by atoms with Crippen molar-refractivity contribution in [3.8, 4) is 5.75 Å². The van der Waals surface area contributed by atoms with Crippen LogP contribution in [-0.4, -0.2) is 6.36 Å². The van der Waals surface area contributed by atoms with E-state index in [2.05, 4.69) is 4.74 Å². The fraction of sp³-hybridized carbons (Fsp3) is 0.250. The number of benzene rings is 1.